The predicted octanol–water partition coefficient (Wildman–Crippen LogP) is 2.62. The maximum Gasteiger partial charge on any atom is 0.175 e. The van der Waals surface area contributed by atoms with E-state index in [1.807, 2.05) is 13.1 Å². The maximum atomic E-state index is 11.7. The number of thioether (sulfide) groups is 1. The van der Waals surface area contributed by atoms with Crippen molar-refractivity contribution in [1.29, 1.82) is 0 Å². The average Bonchev–Trinajstić information content (AvgIpc) is 2.73. The van der Waals surface area contributed by atoms with E-state index in [1.165, 1.54) is 0 Å². The third kappa shape index (κ3) is 3.70. The minimum atomic E-state index is 0.181. The monoisotopic (exact) mass is 226 g/mol. The van der Waals surface area contributed by atoms with Crippen molar-refractivity contribution in [2.24, 2.45) is 0 Å². The molecule has 1 rings (SSSR count). The highest BCUT2D eigenvalue weighted by Gasteiger charge is 2.10. The number of carbonyl (C=O) groups excluding carboxylic acids is 1. The van der Waals surface area contributed by atoms with E-state index in [1.54, 1.807) is 22.6 Å². The zero-order valence-electron chi connectivity index (χ0n) is 9.56. The number of aromatic nitrogens is 2. The highest BCUT2D eigenvalue weighted by Crippen LogP contribution is 2.15. The van der Waals surface area contributed by atoms with E-state index < -0.39 is 0 Å². The SMILES string of the molecule is CCC(C)SCC(=O)c1cnn(CC)c1. The van der Waals surface area contributed by atoms with Crippen LogP contribution in [-0.2, 0) is 6.54 Å². The third-order valence-electron chi connectivity index (χ3n) is 2.35. The molecular formula is C11H18N2OS. The van der Waals surface area contributed by atoms with Crippen LogP contribution in [0.3, 0.4) is 0 Å². The molecule has 84 valence electrons. The van der Waals surface area contributed by atoms with Gasteiger partial charge < -0.3 is 0 Å². The molecule has 0 radical (unpaired) electrons. The molecule has 0 bridgehead atoms. The van der Waals surface area contributed by atoms with Crippen molar-refractivity contribution in [2.45, 2.75) is 39.0 Å². The normalized spacial score (nSPS) is 12.7. The molecule has 0 fully saturated rings. The second kappa shape index (κ2) is 5.95. The molecule has 1 aromatic heterocycles. The number of Topliss-reactive ketones (excluding diaryl/α,β-unsaturated/α-hetero) is 1. The number of carbonyl (C=O) groups is 1. The Labute approximate surface area is 95.2 Å². The lowest BCUT2D eigenvalue weighted by atomic mass is 10.3. The number of nitrogens with zero attached hydrogens (tertiary/aromatic N) is 2. The van der Waals surface area contributed by atoms with Crippen LogP contribution >= 0.6 is 11.8 Å². The smallest absolute Gasteiger partial charge is 0.175 e. The van der Waals surface area contributed by atoms with Crippen molar-refractivity contribution in [1.82, 2.24) is 9.78 Å². The molecule has 0 aromatic carbocycles. The van der Waals surface area contributed by atoms with Gasteiger partial charge >= 0.3 is 0 Å². The molecular weight excluding hydrogens is 208 g/mol. The largest absolute Gasteiger partial charge is 0.293 e. The lowest BCUT2D eigenvalue weighted by Gasteiger charge is -2.05. The summed E-state index contributed by atoms with van der Waals surface area (Å²) in [7, 11) is 0. The summed E-state index contributed by atoms with van der Waals surface area (Å²) in [5, 5.41) is 4.64. The van der Waals surface area contributed by atoms with Crippen molar-refractivity contribution in [3.05, 3.63) is 18.0 Å². The van der Waals surface area contributed by atoms with Crippen LogP contribution in [-0.4, -0.2) is 26.6 Å². The Morgan fingerprint density at radius 2 is 2.33 bits per heavy atom. The van der Waals surface area contributed by atoms with Gasteiger partial charge in [0.15, 0.2) is 5.78 Å². The zero-order valence-corrected chi connectivity index (χ0v) is 10.4. The molecule has 0 aliphatic rings. The second-order valence-electron chi connectivity index (χ2n) is 3.54. The topological polar surface area (TPSA) is 34.9 Å². The van der Waals surface area contributed by atoms with E-state index in [-0.39, 0.29) is 5.78 Å². The van der Waals surface area contributed by atoms with Gasteiger partial charge in [0.25, 0.3) is 0 Å². The fourth-order valence-corrected chi connectivity index (χ4v) is 1.94. The summed E-state index contributed by atoms with van der Waals surface area (Å²) < 4.78 is 1.78. The highest BCUT2D eigenvalue weighted by molar-refractivity contribution is 8.00. The number of hydrogen-bond donors (Lipinski definition) is 0. The fourth-order valence-electron chi connectivity index (χ4n) is 1.10. The Kier molecular flexibility index (Phi) is 4.88. The minimum Gasteiger partial charge on any atom is -0.293 e. The van der Waals surface area contributed by atoms with Gasteiger partial charge in [0.1, 0.15) is 0 Å². The Morgan fingerprint density at radius 3 is 2.87 bits per heavy atom. The first kappa shape index (κ1) is 12.3. The molecule has 1 heterocycles. The summed E-state index contributed by atoms with van der Waals surface area (Å²) in [5.41, 5.74) is 0.729. The van der Waals surface area contributed by atoms with E-state index in [9.17, 15) is 4.79 Å². The summed E-state index contributed by atoms with van der Waals surface area (Å²) in [4.78, 5) is 11.7. The fraction of sp³-hybridized carbons (Fsp3) is 0.636. The van der Waals surface area contributed by atoms with Crippen molar-refractivity contribution in [3.8, 4) is 0 Å². The number of rotatable bonds is 6. The molecule has 0 aliphatic carbocycles. The van der Waals surface area contributed by atoms with Crippen molar-refractivity contribution in [2.75, 3.05) is 5.75 Å². The van der Waals surface area contributed by atoms with Crippen molar-refractivity contribution in [3.63, 3.8) is 0 Å². The number of aryl methyl sites for hydroxylation is 1. The molecule has 0 spiro atoms. The van der Waals surface area contributed by atoms with E-state index in [0.717, 1.165) is 18.5 Å². The van der Waals surface area contributed by atoms with Gasteiger partial charge in [-0.15, -0.1) is 0 Å². The molecule has 15 heavy (non-hydrogen) atoms. The minimum absolute atomic E-state index is 0.181. The van der Waals surface area contributed by atoms with Gasteiger partial charge in [-0.2, -0.15) is 16.9 Å². The Bertz CT molecular complexity index is 322. The second-order valence-corrected chi connectivity index (χ2v) is 4.96. The average molecular weight is 226 g/mol. The lowest BCUT2D eigenvalue weighted by Crippen LogP contribution is -2.05. The van der Waals surface area contributed by atoms with E-state index in [4.69, 9.17) is 0 Å². The van der Waals surface area contributed by atoms with E-state index in [0.29, 0.717) is 11.0 Å². The van der Waals surface area contributed by atoms with Crippen molar-refractivity contribution < 1.29 is 4.79 Å². The highest BCUT2D eigenvalue weighted by atomic mass is 32.2. The van der Waals surface area contributed by atoms with Gasteiger partial charge in [-0.3, -0.25) is 9.48 Å². The van der Waals surface area contributed by atoms with Crippen LogP contribution in [0.15, 0.2) is 12.4 Å². The molecule has 0 amide bonds. The summed E-state index contributed by atoms with van der Waals surface area (Å²) in [5.74, 6) is 0.740. The van der Waals surface area contributed by atoms with Gasteiger partial charge in [-0.1, -0.05) is 13.8 Å². The summed E-state index contributed by atoms with van der Waals surface area (Å²) >= 11 is 1.71. The molecule has 1 aromatic rings. The molecule has 0 saturated carbocycles. The lowest BCUT2D eigenvalue weighted by molar-refractivity contribution is 0.102. The summed E-state index contributed by atoms with van der Waals surface area (Å²) in [6, 6.07) is 0. The zero-order chi connectivity index (χ0) is 11.3. The van der Waals surface area contributed by atoms with Crippen LogP contribution in [0.25, 0.3) is 0 Å². The summed E-state index contributed by atoms with van der Waals surface area (Å²) in [6.45, 7) is 7.10. The molecule has 1 unspecified atom stereocenters. The van der Waals surface area contributed by atoms with Crippen LogP contribution in [0.1, 0.15) is 37.6 Å². The third-order valence-corrected chi connectivity index (χ3v) is 3.68. The molecule has 4 heteroatoms. The molecule has 0 saturated heterocycles. The standard InChI is InChI=1S/C11H18N2OS/c1-4-9(3)15-8-11(14)10-6-12-13(5-2)7-10/h6-7,9H,4-5,8H2,1-3H3. The number of hydrogen-bond acceptors (Lipinski definition) is 3. The quantitative estimate of drug-likeness (QED) is 0.699. The molecule has 0 aliphatic heterocycles. The molecule has 0 N–H and O–H groups in total. The maximum absolute atomic E-state index is 11.7. The molecule has 1 atom stereocenters. The Balaban J connectivity index is 2.46. The van der Waals surface area contributed by atoms with Crippen LogP contribution in [0.2, 0.25) is 0 Å². The van der Waals surface area contributed by atoms with E-state index >= 15 is 0 Å². The van der Waals surface area contributed by atoms with Gasteiger partial charge in [0, 0.05) is 18.0 Å². The first-order valence-corrected chi connectivity index (χ1v) is 6.39. The van der Waals surface area contributed by atoms with Crippen LogP contribution in [0, 0.1) is 0 Å². The van der Waals surface area contributed by atoms with E-state index in [2.05, 4.69) is 18.9 Å². The first-order chi connectivity index (χ1) is 7.17. The van der Waals surface area contributed by atoms with Gasteiger partial charge in [-0.05, 0) is 13.3 Å². The Morgan fingerprint density at radius 1 is 1.60 bits per heavy atom. The van der Waals surface area contributed by atoms with Gasteiger partial charge in [0.05, 0.1) is 17.5 Å². The Hall–Kier alpha value is -0.770. The summed E-state index contributed by atoms with van der Waals surface area (Å²) in [6.07, 6.45) is 4.58. The number of ketones is 1. The van der Waals surface area contributed by atoms with Crippen LogP contribution < -0.4 is 0 Å². The van der Waals surface area contributed by atoms with Gasteiger partial charge in [0.2, 0.25) is 0 Å². The van der Waals surface area contributed by atoms with Crippen LogP contribution in [0.5, 0.6) is 0 Å². The van der Waals surface area contributed by atoms with Gasteiger partial charge in [-0.25, -0.2) is 0 Å². The first-order valence-electron chi connectivity index (χ1n) is 5.34. The van der Waals surface area contributed by atoms with Crippen molar-refractivity contribution >= 4 is 17.5 Å². The van der Waals surface area contributed by atoms with Crippen LogP contribution in [0.4, 0.5) is 0 Å². The molecule has 3 nitrogen and oxygen atoms in total. The predicted molar refractivity (Wildman–Crippen MR) is 64.4 cm³/mol.